The lowest BCUT2D eigenvalue weighted by atomic mass is 10.2. The third-order valence-corrected chi connectivity index (χ3v) is 3.61. The van der Waals surface area contributed by atoms with Crippen LogP contribution in [0.2, 0.25) is 0 Å². The minimum absolute atomic E-state index is 0.0350. The molecule has 0 saturated carbocycles. The highest BCUT2D eigenvalue weighted by Gasteiger charge is 2.30. The highest BCUT2D eigenvalue weighted by atomic mass is 16.6. The molecule has 1 amide bonds. The van der Waals surface area contributed by atoms with Crippen LogP contribution in [-0.4, -0.2) is 57.3 Å². The van der Waals surface area contributed by atoms with Gasteiger partial charge in [-0.2, -0.15) is 5.10 Å². The fourth-order valence-corrected chi connectivity index (χ4v) is 2.40. The van der Waals surface area contributed by atoms with E-state index >= 15 is 0 Å². The Bertz CT molecular complexity index is 703. The minimum atomic E-state index is -0.495. The first-order valence-corrected chi connectivity index (χ1v) is 7.25. The van der Waals surface area contributed by atoms with Crippen molar-refractivity contribution < 1.29 is 19.2 Å². The number of benzene rings is 1. The SMILES string of the molecule is O=C(COc1ccc([N+](=O)[O-])cc1)N1CCOCC1c1ncn[nH]1. The number of hydrogen-bond donors (Lipinski definition) is 1. The molecule has 2 aromatic rings. The number of nitro groups is 1. The summed E-state index contributed by atoms with van der Waals surface area (Å²) in [6.45, 7) is 1.02. The van der Waals surface area contributed by atoms with Crippen molar-refractivity contribution in [3.8, 4) is 5.75 Å². The molecule has 10 nitrogen and oxygen atoms in total. The molecular formula is C14H15N5O5. The highest BCUT2D eigenvalue weighted by molar-refractivity contribution is 5.78. The number of carbonyl (C=O) groups excluding carboxylic acids is 1. The smallest absolute Gasteiger partial charge is 0.269 e. The van der Waals surface area contributed by atoms with Gasteiger partial charge in [0.1, 0.15) is 23.9 Å². The maximum atomic E-state index is 12.4. The number of nitro benzene ring substituents is 1. The Morgan fingerprint density at radius 2 is 2.25 bits per heavy atom. The Balaban J connectivity index is 1.62. The summed E-state index contributed by atoms with van der Waals surface area (Å²) in [7, 11) is 0. The van der Waals surface area contributed by atoms with Gasteiger partial charge in [0, 0.05) is 18.7 Å². The monoisotopic (exact) mass is 333 g/mol. The first kappa shape index (κ1) is 15.9. The van der Waals surface area contributed by atoms with Crippen molar-refractivity contribution in [3.63, 3.8) is 0 Å². The van der Waals surface area contributed by atoms with Crippen molar-refractivity contribution in [2.75, 3.05) is 26.4 Å². The predicted octanol–water partition coefficient (Wildman–Crippen LogP) is 0.692. The van der Waals surface area contributed by atoms with Gasteiger partial charge in [-0.05, 0) is 12.1 Å². The van der Waals surface area contributed by atoms with E-state index in [-0.39, 0.29) is 24.2 Å². The van der Waals surface area contributed by atoms with Gasteiger partial charge in [0.2, 0.25) is 0 Å². The first-order valence-electron chi connectivity index (χ1n) is 7.25. The van der Waals surface area contributed by atoms with Gasteiger partial charge in [-0.25, -0.2) is 4.98 Å². The Kier molecular flexibility index (Phi) is 4.66. The molecule has 10 heteroatoms. The number of nitrogens with one attached hydrogen (secondary N) is 1. The zero-order valence-corrected chi connectivity index (χ0v) is 12.6. The van der Waals surface area contributed by atoms with E-state index in [2.05, 4.69) is 15.2 Å². The summed E-state index contributed by atoms with van der Waals surface area (Å²) < 4.78 is 10.8. The zero-order chi connectivity index (χ0) is 16.9. The van der Waals surface area contributed by atoms with Gasteiger partial charge >= 0.3 is 0 Å². The summed E-state index contributed by atoms with van der Waals surface area (Å²) in [6, 6.07) is 5.23. The summed E-state index contributed by atoms with van der Waals surface area (Å²) in [4.78, 5) is 28.2. The lowest BCUT2D eigenvalue weighted by Gasteiger charge is -2.34. The summed E-state index contributed by atoms with van der Waals surface area (Å²) in [6.07, 6.45) is 1.37. The fraction of sp³-hybridized carbons (Fsp3) is 0.357. The average molecular weight is 333 g/mol. The summed E-state index contributed by atoms with van der Waals surface area (Å²) in [5, 5.41) is 17.1. The molecule has 1 atom stereocenters. The van der Waals surface area contributed by atoms with Crippen LogP contribution in [0.15, 0.2) is 30.6 Å². The van der Waals surface area contributed by atoms with E-state index in [1.807, 2.05) is 0 Å². The van der Waals surface area contributed by atoms with E-state index in [9.17, 15) is 14.9 Å². The largest absolute Gasteiger partial charge is 0.484 e. The van der Waals surface area contributed by atoms with Gasteiger partial charge < -0.3 is 14.4 Å². The first-order chi connectivity index (χ1) is 11.6. The lowest BCUT2D eigenvalue weighted by molar-refractivity contribution is -0.384. The topological polar surface area (TPSA) is 123 Å². The molecule has 0 bridgehead atoms. The highest BCUT2D eigenvalue weighted by Crippen LogP contribution is 2.22. The number of aromatic nitrogens is 3. The molecule has 1 aromatic carbocycles. The van der Waals surface area contributed by atoms with Gasteiger partial charge in [-0.15, -0.1) is 0 Å². The van der Waals surface area contributed by atoms with Crippen molar-refractivity contribution in [1.82, 2.24) is 20.1 Å². The Hall–Kier alpha value is -3.01. The van der Waals surface area contributed by atoms with E-state index < -0.39 is 4.92 Å². The molecule has 3 rings (SSSR count). The average Bonchev–Trinajstić information content (AvgIpc) is 3.14. The second-order valence-corrected chi connectivity index (χ2v) is 5.09. The molecule has 1 aromatic heterocycles. The maximum Gasteiger partial charge on any atom is 0.269 e. The Morgan fingerprint density at radius 3 is 2.92 bits per heavy atom. The summed E-state index contributed by atoms with van der Waals surface area (Å²) in [5.74, 6) is 0.717. The number of H-pyrrole nitrogens is 1. The van der Waals surface area contributed by atoms with Crippen molar-refractivity contribution in [3.05, 3.63) is 46.5 Å². The van der Waals surface area contributed by atoms with Crippen LogP contribution < -0.4 is 4.74 Å². The molecule has 1 aliphatic rings. The zero-order valence-electron chi connectivity index (χ0n) is 12.6. The van der Waals surface area contributed by atoms with E-state index in [0.717, 1.165) is 0 Å². The second-order valence-electron chi connectivity index (χ2n) is 5.09. The van der Waals surface area contributed by atoms with Crippen LogP contribution in [0.4, 0.5) is 5.69 Å². The molecule has 24 heavy (non-hydrogen) atoms. The predicted molar refractivity (Wildman–Crippen MR) is 80.2 cm³/mol. The molecule has 0 radical (unpaired) electrons. The molecular weight excluding hydrogens is 318 g/mol. The van der Waals surface area contributed by atoms with Gasteiger partial charge in [0.05, 0.1) is 18.1 Å². The van der Waals surface area contributed by atoms with Crippen LogP contribution >= 0.6 is 0 Å². The molecule has 126 valence electrons. The molecule has 1 unspecified atom stereocenters. The van der Waals surface area contributed by atoms with Gasteiger partial charge in [-0.1, -0.05) is 0 Å². The van der Waals surface area contributed by atoms with Crippen molar-refractivity contribution >= 4 is 11.6 Å². The van der Waals surface area contributed by atoms with Crippen LogP contribution in [0.1, 0.15) is 11.9 Å². The number of aromatic amines is 1. The van der Waals surface area contributed by atoms with Crippen LogP contribution in [-0.2, 0) is 9.53 Å². The third kappa shape index (κ3) is 3.49. The Morgan fingerprint density at radius 1 is 1.46 bits per heavy atom. The van der Waals surface area contributed by atoms with Crippen LogP contribution in [0, 0.1) is 10.1 Å². The molecule has 0 spiro atoms. The normalized spacial score (nSPS) is 17.5. The molecule has 1 aliphatic heterocycles. The van der Waals surface area contributed by atoms with Crippen molar-refractivity contribution in [2.45, 2.75) is 6.04 Å². The number of ether oxygens (including phenoxy) is 2. The molecule has 1 N–H and O–H groups in total. The second kappa shape index (κ2) is 7.04. The number of hydrogen-bond acceptors (Lipinski definition) is 7. The molecule has 1 fully saturated rings. The van der Waals surface area contributed by atoms with Crippen LogP contribution in [0.3, 0.4) is 0 Å². The number of rotatable bonds is 5. The van der Waals surface area contributed by atoms with Gasteiger partial charge in [0.25, 0.3) is 11.6 Å². The number of carbonyl (C=O) groups is 1. The Labute approximate surface area is 136 Å². The van der Waals surface area contributed by atoms with E-state index in [1.165, 1.54) is 30.6 Å². The van der Waals surface area contributed by atoms with Crippen molar-refractivity contribution in [1.29, 1.82) is 0 Å². The standard InChI is InChI=1S/C14H15N5O5/c20-13(8-24-11-3-1-10(2-4-11)19(21)22)18-5-6-23-7-12(18)14-15-9-16-17-14/h1-4,9,12H,5-8H2,(H,15,16,17). The van der Waals surface area contributed by atoms with Gasteiger partial charge in [-0.3, -0.25) is 20.0 Å². The molecule has 2 heterocycles. The number of non-ortho nitro benzene ring substituents is 1. The minimum Gasteiger partial charge on any atom is -0.484 e. The summed E-state index contributed by atoms with van der Waals surface area (Å²) in [5.41, 5.74) is -0.0350. The number of nitrogens with zero attached hydrogens (tertiary/aromatic N) is 4. The molecule has 0 aliphatic carbocycles. The maximum absolute atomic E-state index is 12.4. The lowest BCUT2D eigenvalue weighted by Crippen LogP contribution is -2.45. The van der Waals surface area contributed by atoms with E-state index in [4.69, 9.17) is 9.47 Å². The number of morpholine rings is 1. The van der Waals surface area contributed by atoms with Gasteiger partial charge in [0.15, 0.2) is 6.61 Å². The quantitative estimate of drug-likeness (QED) is 0.630. The fourth-order valence-electron chi connectivity index (χ4n) is 2.40. The molecule has 1 saturated heterocycles. The van der Waals surface area contributed by atoms with Crippen LogP contribution in [0.25, 0.3) is 0 Å². The van der Waals surface area contributed by atoms with Crippen molar-refractivity contribution in [2.24, 2.45) is 0 Å². The number of amides is 1. The van der Waals surface area contributed by atoms with E-state index in [0.29, 0.717) is 31.3 Å². The third-order valence-electron chi connectivity index (χ3n) is 3.61. The summed E-state index contributed by atoms with van der Waals surface area (Å²) >= 11 is 0. The van der Waals surface area contributed by atoms with E-state index in [1.54, 1.807) is 4.90 Å². The van der Waals surface area contributed by atoms with Crippen LogP contribution in [0.5, 0.6) is 5.75 Å².